The molecule has 0 aliphatic heterocycles. The van der Waals surface area contributed by atoms with Crippen LogP contribution in [0.25, 0.3) is 0 Å². The van der Waals surface area contributed by atoms with Crippen LogP contribution in [-0.4, -0.2) is 36.2 Å². The third-order valence-electron chi connectivity index (χ3n) is 1.95. The summed E-state index contributed by atoms with van der Waals surface area (Å²) in [7, 11) is 0. The van der Waals surface area contributed by atoms with Gasteiger partial charge in [-0.25, -0.2) is 4.79 Å². The minimum absolute atomic E-state index is 0.144. The van der Waals surface area contributed by atoms with Crippen LogP contribution in [-0.2, 0) is 14.3 Å². The summed E-state index contributed by atoms with van der Waals surface area (Å²) in [6.45, 7) is 10.3. The Morgan fingerprint density at radius 1 is 1.41 bits per heavy atom. The predicted molar refractivity (Wildman–Crippen MR) is 64.2 cm³/mol. The van der Waals surface area contributed by atoms with Crippen LogP contribution in [0.4, 0.5) is 0 Å². The largest absolute Gasteiger partial charge is 0.457 e. The molecule has 0 fully saturated rings. The van der Waals surface area contributed by atoms with Gasteiger partial charge in [0.2, 0.25) is 5.91 Å². The summed E-state index contributed by atoms with van der Waals surface area (Å²) in [6, 6.07) is 0. The van der Waals surface area contributed by atoms with E-state index in [4.69, 9.17) is 9.84 Å². The van der Waals surface area contributed by atoms with Crippen molar-refractivity contribution in [1.29, 1.82) is 0 Å². The van der Waals surface area contributed by atoms with Gasteiger partial charge in [-0.2, -0.15) is 0 Å². The lowest BCUT2D eigenvalue weighted by Gasteiger charge is -2.14. The van der Waals surface area contributed by atoms with E-state index in [2.05, 4.69) is 18.5 Å². The van der Waals surface area contributed by atoms with Gasteiger partial charge in [-0.05, 0) is 13.8 Å². The standard InChI is InChI=1S/C12H19NO4/c1-8(2)11(15)13-7-10(4)17-12(16)9(3)5-6-14/h10,14H,1,3,5-7H2,2,4H3,(H,13,15). The highest BCUT2D eigenvalue weighted by Gasteiger charge is 2.13. The van der Waals surface area contributed by atoms with Crippen molar-refractivity contribution in [3.05, 3.63) is 24.3 Å². The first-order valence-electron chi connectivity index (χ1n) is 5.31. The van der Waals surface area contributed by atoms with Gasteiger partial charge in [0.25, 0.3) is 0 Å². The molecule has 17 heavy (non-hydrogen) atoms. The van der Waals surface area contributed by atoms with Gasteiger partial charge >= 0.3 is 5.97 Å². The lowest BCUT2D eigenvalue weighted by molar-refractivity contribution is -0.144. The lowest BCUT2D eigenvalue weighted by atomic mass is 10.2. The van der Waals surface area contributed by atoms with Crippen molar-refractivity contribution in [2.75, 3.05) is 13.2 Å². The first-order valence-corrected chi connectivity index (χ1v) is 5.31. The Bertz CT molecular complexity index is 322. The first kappa shape index (κ1) is 15.4. The molecule has 0 radical (unpaired) electrons. The summed E-state index contributed by atoms with van der Waals surface area (Å²) in [5, 5.41) is 11.2. The topological polar surface area (TPSA) is 75.6 Å². The molecule has 0 rings (SSSR count). The van der Waals surface area contributed by atoms with Crippen LogP contribution < -0.4 is 5.32 Å². The van der Waals surface area contributed by atoms with Crippen molar-refractivity contribution in [2.24, 2.45) is 0 Å². The maximum Gasteiger partial charge on any atom is 0.333 e. The Morgan fingerprint density at radius 3 is 2.47 bits per heavy atom. The van der Waals surface area contributed by atoms with E-state index in [1.54, 1.807) is 13.8 Å². The Morgan fingerprint density at radius 2 is 2.00 bits per heavy atom. The van der Waals surface area contributed by atoms with Gasteiger partial charge in [0.05, 0.1) is 6.54 Å². The normalized spacial score (nSPS) is 11.5. The first-order chi connectivity index (χ1) is 7.88. The molecule has 0 aromatic carbocycles. The van der Waals surface area contributed by atoms with E-state index in [1.165, 1.54) is 0 Å². The molecule has 5 heteroatoms. The number of ether oxygens (including phenoxy) is 1. The Labute approximate surface area is 101 Å². The van der Waals surface area contributed by atoms with Crippen molar-refractivity contribution in [3.8, 4) is 0 Å². The molecule has 1 atom stereocenters. The molecule has 0 aliphatic rings. The van der Waals surface area contributed by atoms with Crippen LogP contribution in [0, 0.1) is 0 Å². The fourth-order valence-electron chi connectivity index (χ4n) is 0.932. The fraction of sp³-hybridized carbons (Fsp3) is 0.500. The van der Waals surface area contributed by atoms with Crippen molar-refractivity contribution >= 4 is 11.9 Å². The maximum absolute atomic E-state index is 11.4. The number of aliphatic hydroxyl groups is 1. The highest BCUT2D eigenvalue weighted by Crippen LogP contribution is 2.02. The van der Waals surface area contributed by atoms with Gasteiger partial charge in [0.1, 0.15) is 6.10 Å². The SMILES string of the molecule is C=C(C)C(=O)NCC(C)OC(=O)C(=C)CCO. The molecular formula is C12H19NO4. The molecule has 0 spiro atoms. The smallest absolute Gasteiger partial charge is 0.333 e. The van der Waals surface area contributed by atoms with Gasteiger partial charge in [-0.3, -0.25) is 4.79 Å². The number of nitrogens with one attached hydrogen (secondary N) is 1. The summed E-state index contributed by atoms with van der Waals surface area (Å²) >= 11 is 0. The van der Waals surface area contributed by atoms with Crippen LogP contribution >= 0.6 is 0 Å². The lowest BCUT2D eigenvalue weighted by Crippen LogP contribution is -2.33. The number of carbonyl (C=O) groups excluding carboxylic acids is 2. The molecule has 96 valence electrons. The molecule has 0 aromatic rings. The molecule has 0 aromatic heterocycles. The van der Waals surface area contributed by atoms with Crippen molar-refractivity contribution < 1.29 is 19.4 Å². The summed E-state index contributed by atoms with van der Waals surface area (Å²) in [5.74, 6) is -0.835. The zero-order valence-corrected chi connectivity index (χ0v) is 10.3. The second kappa shape index (κ2) is 7.62. The number of hydrogen-bond acceptors (Lipinski definition) is 4. The molecular weight excluding hydrogens is 222 g/mol. The number of aliphatic hydroxyl groups excluding tert-OH is 1. The highest BCUT2D eigenvalue weighted by atomic mass is 16.5. The molecule has 0 aliphatic carbocycles. The fourth-order valence-corrected chi connectivity index (χ4v) is 0.932. The van der Waals surface area contributed by atoms with Gasteiger partial charge in [-0.15, -0.1) is 0 Å². The molecule has 0 bridgehead atoms. The second-order valence-corrected chi connectivity index (χ2v) is 3.78. The summed E-state index contributed by atoms with van der Waals surface area (Å²) < 4.78 is 5.00. The monoisotopic (exact) mass is 241 g/mol. The van der Waals surface area contributed by atoms with Gasteiger partial charge < -0.3 is 15.2 Å². The highest BCUT2D eigenvalue weighted by molar-refractivity contribution is 5.92. The van der Waals surface area contributed by atoms with Gasteiger partial charge in [-0.1, -0.05) is 13.2 Å². The zero-order chi connectivity index (χ0) is 13.4. The molecule has 1 amide bonds. The van der Waals surface area contributed by atoms with Crippen molar-refractivity contribution in [1.82, 2.24) is 5.32 Å². The van der Waals surface area contributed by atoms with Crippen molar-refractivity contribution in [2.45, 2.75) is 26.4 Å². The van der Waals surface area contributed by atoms with E-state index in [0.29, 0.717) is 5.57 Å². The third-order valence-corrected chi connectivity index (χ3v) is 1.95. The average Bonchev–Trinajstić information content (AvgIpc) is 2.25. The van der Waals surface area contributed by atoms with E-state index in [1.807, 2.05) is 0 Å². The summed E-state index contributed by atoms with van der Waals surface area (Å²) in [6.07, 6.45) is -0.273. The quantitative estimate of drug-likeness (QED) is 0.504. The summed E-state index contributed by atoms with van der Waals surface area (Å²) in [5.41, 5.74) is 0.610. The molecule has 0 heterocycles. The third kappa shape index (κ3) is 6.52. The van der Waals surface area contributed by atoms with Crippen molar-refractivity contribution in [3.63, 3.8) is 0 Å². The average molecular weight is 241 g/mol. The Balaban J connectivity index is 3.98. The Kier molecular flexibility index (Phi) is 6.89. The van der Waals surface area contributed by atoms with E-state index in [-0.39, 0.29) is 31.1 Å². The minimum atomic E-state index is -0.559. The minimum Gasteiger partial charge on any atom is -0.457 e. The van der Waals surface area contributed by atoms with Gasteiger partial charge in [0.15, 0.2) is 0 Å². The molecule has 2 N–H and O–H groups in total. The number of rotatable bonds is 7. The molecule has 1 unspecified atom stereocenters. The molecule has 0 saturated heterocycles. The van der Waals surface area contributed by atoms with Crippen LogP contribution in [0.15, 0.2) is 24.3 Å². The molecule has 5 nitrogen and oxygen atoms in total. The second-order valence-electron chi connectivity index (χ2n) is 3.78. The Hall–Kier alpha value is -1.62. The van der Waals surface area contributed by atoms with Crippen LogP contribution in [0.1, 0.15) is 20.3 Å². The predicted octanol–water partition coefficient (Wildman–Crippen LogP) is 0.549. The number of amides is 1. The van der Waals surface area contributed by atoms with E-state index < -0.39 is 12.1 Å². The molecule has 0 saturated carbocycles. The van der Waals surface area contributed by atoms with Gasteiger partial charge in [0, 0.05) is 24.2 Å². The maximum atomic E-state index is 11.4. The van der Waals surface area contributed by atoms with Crippen LogP contribution in [0.3, 0.4) is 0 Å². The van der Waals surface area contributed by atoms with Crippen LogP contribution in [0.2, 0.25) is 0 Å². The summed E-state index contributed by atoms with van der Waals surface area (Å²) in [4.78, 5) is 22.5. The number of hydrogen-bond donors (Lipinski definition) is 2. The van der Waals surface area contributed by atoms with Crippen LogP contribution in [0.5, 0.6) is 0 Å². The van der Waals surface area contributed by atoms with E-state index in [9.17, 15) is 9.59 Å². The van der Waals surface area contributed by atoms with E-state index >= 15 is 0 Å². The number of esters is 1. The van der Waals surface area contributed by atoms with E-state index in [0.717, 1.165) is 0 Å². The zero-order valence-electron chi connectivity index (χ0n) is 10.3. The number of carbonyl (C=O) groups is 2.